The number of aromatic nitrogens is 3. The summed E-state index contributed by atoms with van der Waals surface area (Å²) in [6, 6.07) is 21.8. The van der Waals surface area contributed by atoms with Crippen molar-refractivity contribution in [3.05, 3.63) is 107 Å². The zero-order chi connectivity index (χ0) is 24.5. The summed E-state index contributed by atoms with van der Waals surface area (Å²) >= 11 is 6.69. The van der Waals surface area contributed by atoms with Crippen LogP contribution in [0, 0.1) is 13.8 Å². The summed E-state index contributed by atoms with van der Waals surface area (Å²) in [5.41, 5.74) is 3.71. The Morgan fingerprint density at radius 1 is 1.00 bits per heavy atom. The van der Waals surface area contributed by atoms with Crippen LogP contribution in [0.3, 0.4) is 0 Å². The minimum absolute atomic E-state index is 0.169. The topological polar surface area (TPSA) is 56.6 Å². The SMILES string of the molecule is Cc1ccc(C=Nn2c(-c3cccc(Br)c3)csc2=Nc2c(C)n(C)n(-c3ccccc3)c2=O)s1. The number of halogens is 1. The van der Waals surface area contributed by atoms with Crippen molar-refractivity contribution in [1.82, 2.24) is 14.0 Å². The molecule has 0 amide bonds. The van der Waals surface area contributed by atoms with Gasteiger partial charge in [-0.25, -0.2) is 14.4 Å². The molecule has 0 aliphatic rings. The highest BCUT2D eigenvalue weighted by molar-refractivity contribution is 9.10. The van der Waals surface area contributed by atoms with Crippen molar-refractivity contribution in [3.8, 4) is 16.9 Å². The fourth-order valence-electron chi connectivity index (χ4n) is 3.75. The Hall–Kier alpha value is -3.27. The maximum Gasteiger partial charge on any atom is 0.297 e. The highest BCUT2D eigenvalue weighted by Gasteiger charge is 2.17. The summed E-state index contributed by atoms with van der Waals surface area (Å²) in [5, 5.41) is 6.81. The molecule has 3 heterocycles. The van der Waals surface area contributed by atoms with Gasteiger partial charge in [-0.1, -0.05) is 46.3 Å². The molecule has 0 aliphatic carbocycles. The fourth-order valence-corrected chi connectivity index (χ4v) is 5.74. The molecule has 35 heavy (non-hydrogen) atoms. The number of thiazole rings is 1. The molecule has 3 aromatic heterocycles. The van der Waals surface area contributed by atoms with Crippen LogP contribution in [0.2, 0.25) is 0 Å². The van der Waals surface area contributed by atoms with E-state index in [0.717, 1.165) is 32.0 Å². The van der Waals surface area contributed by atoms with Crippen molar-refractivity contribution in [2.75, 3.05) is 0 Å². The van der Waals surface area contributed by atoms with Crippen LogP contribution in [-0.2, 0) is 7.05 Å². The first-order valence-electron chi connectivity index (χ1n) is 10.9. The molecule has 5 aromatic rings. The maximum absolute atomic E-state index is 13.4. The van der Waals surface area contributed by atoms with Crippen LogP contribution in [0.25, 0.3) is 16.9 Å². The number of rotatable bonds is 5. The van der Waals surface area contributed by atoms with Gasteiger partial charge in [0.05, 0.1) is 23.3 Å². The van der Waals surface area contributed by atoms with E-state index in [9.17, 15) is 4.79 Å². The lowest BCUT2D eigenvalue weighted by molar-refractivity contribution is 0.630. The van der Waals surface area contributed by atoms with Crippen LogP contribution in [-0.4, -0.2) is 20.3 Å². The lowest BCUT2D eigenvalue weighted by atomic mass is 10.2. The molecule has 0 saturated carbocycles. The van der Waals surface area contributed by atoms with E-state index < -0.39 is 0 Å². The molecule has 9 heteroatoms. The summed E-state index contributed by atoms with van der Waals surface area (Å²) in [5.74, 6) is 0. The molecule has 0 radical (unpaired) electrons. The molecular weight excluding hydrogens is 542 g/mol. The molecule has 6 nitrogen and oxygen atoms in total. The average Bonchev–Trinajstić information content (AvgIpc) is 3.51. The quantitative estimate of drug-likeness (QED) is 0.233. The number of hydrogen-bond donors (Lipinski definition) is 0. The van der Waals surface area contributed by atoms with Gasteiger partial charge in [0.2, 0.25) is 4.80 Å². The summed E-state index contributed by atoms with van der Waals surface area (Å²) in [7, 11) is 1.87. The summed E-state index contributed by atoms with van der Waals surface area (Å²) in [6.45, 7) is 3.98. The lowest BCUT2D eigenvalue weighted by Gasteiger charge is -2.07. The third kappa shape index (κ3) is 4.67. The Morgan fingerprint density at radius 2 is 1.80 bits per heavy atom. The number of benzene rings is 2. The van der Waals surface area contributed by atoms with Gasteiger partial charge in [0.15, 0.2) is 5.69 Å². The first kappa shape index (κ1) is 23.5. The smallest absolute Gasteiger partial charge is 0.283 e. The zero-order valence-corrected chi connectivity index (χ0v) is 22.6. The van der Waals surface area contributed by atoms with E-state index in [1.165, 1.54) is 16.2 Å². The van der Waals surface area contributed by atoms with E-state index >= 15 is 0 Å². The predicted octanol–water partition coefficient (Wildman–Crippen LogP) is 6.26. The molecule has 0 spiro atoms. The second kappa shape index (κ2) is 9.77. The molecule has 0 unspecified atom stereocenters. The van der Waals surface area contributed by atoms with Gasteiger partial charge in [-0.05, 0) is 50.2 Å². The van der Waals surface area contributed by atoms with Crippen LogP contribution >= 0.6 is 38.6 Å². The van der Waals surface area contributed by atoms with Crippen LogP contribution in [0.4, 0.5) is 5.69 Å². The molecule has 0 N–H and O–H groups in total. The number of para-hydroxylation sites is 1. The number of aryl methyl sites for hydroxylation is 1. The average molecular weight is 565 g/mol. The molecule has 0 aliphatic heterocycles. The second-order valence-corrected chi connectivity index (χ2v) is 11.0. The van der Waals surface area contributed by atoms with Gasteiger partial charge in [-0.3, -0.25) is 9.48 Å². The van der Waals surface area contributed by atoms with E-state index in [4.69, 9.17) is 10.1 Å². The van der Waals surface area contributed by atoms with E-state index in [1.807, 2.05) is 90.9 Å². The standard InChI is InChI=1S/C26H22BrN5OS2/c1-17-12-13-22(35-17)15-28-31-23(19-8-7-9-20(27)14-19)16-34-26(31)29-24-18(2)30(3)32(25(24)33)21-10-5-4-6-11-21/h4-16H,1-3H3. The Kier molecular flexibility index (Phi) is 6.55. The zero-order valence-electron chi connectivity index (χ0n) is 19.3. The monoisotopic (exact) mass is 563 g/mol. The van der Waals surface area contributed by atoms with Crippen molar-refractivity contribution < 1.29 is 0 Å². The van der Waals surface area contributed by atoms with Crippen molar-refractivity contribution in [1.29, 1.82) is 0 Å². The first-order chi connectivity index (χ1) is 16.9. The Labute approximate surface area is 218 Å². The van der Waals surface area contributed by atoms with Crippen molar-refractivity contribution in [2.45, 2.75) is 13.8 Å². The number of nitrogens with zero attached hydrogens (tertiary/aromatic N) is 5. The van der Waals surface area contributed by atoms with Gasteiger partial charge in [-0.15, -0.1) is 22.7 Å². The Balaban J connectivity index is 1.70. The van der Waals surface area contributed by atoms with Crippen LogP contribution in [0.5, 0.6) is 0 Å². The second-order valence-electron chi connectivity index (χ2n) is 7.94. The van der Waals surface area contributed by atoms with Gasteiger partial charge < -0.3 is 0 Å². The van der Waals surface area contributed by atoms with E-state index in [1.54, 1.807) is 20.7 Å². The molecule has 176 valence electrons. The van der Waals surface area contributed by atoms with Crippen molar-refractivity contribution >= 4 is 50.5 Å². The van der Waals surface area contributed by atoms with Crippen LogP contribution in [0.1, 0.15) is 15.4 Å². The van der Waals surface area contributed by atoms with Gasteiger partial charge in [0, 0.05) is 32.2 Å². The predicted molar refractivity (Wildman–Crippen MR) is 148 cm³/mol. The molecule has 2 aromatic carbocycles. The largest absolute Gasteiger partial charge is 0.297 e. The number of thiophene rings is 1. The van der Waals surface area contributed by atoms with Crippen LogP contribution < -0.4 is 10.4 Å². The molecular formula is C26H22BrN5OS2. The lowest BCUT2D eigenvalue weighted by Crippen LogP contribution is -2.19. The van der Waals surface area contributed by atoms with E-state index in [0.29, 0.717) is 10.5 Å². The van der Waals surface area contributed by atoms with Gasteiger partial charge in [-0.2, -0.15) is 5.10 Å². The highest BCUT2D eigenvalue weighted by Crippen LogP contribution is 2.25. The molecule has 0 fully saturated rings. The fraction of sp³-hybridized carbons (Fsp3) is 0.115. The van der Waals surface area contributed by atoms with Crippen molar-refractivity contribution in [3.63, 3.8) is 0 Å². The third-order valence-corrected chi connectivity index (χ3v) is 7.84. The molecule has 0 saturated heterocycles. The van der Waals surface area contributed by atoms with E-state index in [-0.39, 0.29) is 5.56 Å². The summed E-state index contributed by atoms with van der Waals surface area (Å²) in [4.78, 5) is 21.2. The maximum atomic E-state index is 13.4. The molecule has 5 rings (SSSR count). The molecule has 0 bridgehead atoms. The Bertz CT molecular complexity index is 1670. The first-order valence-corrected chi connectivity index (χ1v) is 13.4. The molecule has 0 atom stereocenters. The Morgan fingerprint density at radius 3 is 2.51 bits per heavy atom. The van der Waals surface area contributed by atoms with Crippen LogP contribution in [0.15, 0.2) is 91.5 Å². The minimum atomic E-state index is -0.169. The van der Waals surface area contributed by atoms with Gasteiger partial charge in [0.1, 0.15) is 0 Å². The summed E-state index contributed by atoms with van der Waals surface area (Å²) < 4.78 is 6.26. The van der Waals surface area contributed by atoms with Gasteiger partial charge >= 0.3 is 0 Å². The summed E-state index contributed by atoms with van der Waals surface area (Å²) in [6.07, 6.45) is 1.84. The van der Waals surface area contributed by atoms with E-state index in [2.05, 4.69) is 28.9 Å². The highest BCUT2D eigenvalue weighted by atomic mass is 79.9. The third-order valence-electron chi connectivity index (χ3n) is 5.60. The number of hydrogen-bond acceptors (Lipinski definition) is 5. The normalized spacial score (nSPS) is 12.2. The van der Waals surface area contributed by atoms with Crippen molar-refractivity contribution in [2.24, 2.45) is 17.1 Å². The minimum Gasteiger partial charge on any atom is -0.283 e. The van der Waals surface area contributed by atoms with Gasteiger partial charge in [0.25, 0.3) is 5.56 Å².